The van der Waals surface area contributed by atoms with Crippen LogP contribution < -0.4 is 4.74 Å². The SMILES string of the molecule is CC(C)(C)OC(=O)C(C)(C)Sc1nc([CH]COc2ccc(-c3ccc(F)cc3)cc2)cs1. The average Bonchev–Trinajstić information content (AvgIpc) is 3.14. The van der Waals surface area contributed by atoms with Crippen LogP contribution in [0.2, 0.25) is 0 Å². The van der Waals surface area contributed by atoms with Crippen molar-refractivity contribution in [2.24, 2.45) is 0 Å². The van der Waals surface area contributed by atoms with Crippen molar-refractivity contribution < 1.29 is 18.7 Å². The standard InChI is InChI=1S/C25H27FNO3S2/c1-24(2,3)30-22(28)25(4,5)32-23-27-20(16-31-23)14-15-29-21-12-8-18(9-13-21)17-6-10-19(26)11-7-17/h6-14,16H,15H2,1-5H3. The molecule has 1 aromatic heterocycles. The van der Waals surface area contributed by atoms with Gasteiger partial charge in [-0.2, -0.15) is 0 Å². The molecule has 0 unspecified atom stereocenters. The summed E-state index contributed by atoms with van der Waals surface area (Å²) in [5.74, 6) is 0.229. The molecule has 0 atom stereocenters. The van der Waals surface area contributed by atoms with Gasteiger partial charge < -0.3 is 9.47 Å². The van der Waals surface area contributed by atoms with Gasteiger partial charge in [0.15, 0.2) is 4.34 Å². The first kappa shape index (κ1) is 24.3. The lowest BCUT2D eigenvalue weighted by Gasteiger charge is -2.27. The summed E-state index contributed by atoms with van der Waals surface area (Å²) < 4.78 is 24.4. The van der Waals surface area contributed by atoms with Crippen molar-refractivity contribution in [3.8, 4) is 16.9 Å². The third kappa shape index (κ3) is 7.07. The summed E-state index contributed by atoms with van der Waals surface area (Å²) in [6.45, 7) is 9.64. The number of carbonyl (C=O) groups is 1. The Hall–Kier alpha value is -2.38. The Morgan fingerprint density at radius 2 is 1.62 bits per heavy atom. The molecule has 0 aliphatic rings. The Balaban J connectivity index is 1.50. The molecule has 1 radical (unpaired) electrons. The van der Waals surface area contributed by atoms with Crippen LogP contribution in [0.4, 0.5) is 4.39 Å². The largest absolute Gasteiger partial charge is 0.493 e. The highest BCUT2D eigenvalue weighted by Gasteiger charge is 2.34. The fraction of sp³-hybridized carbons (Fsp3) is 0.320. The predicted octanol–water partition coefficient (Wildman–Crippen LogP) is 6.79. The Bertz CT molecular complexity index is 1040. The number of benzene rings is 2. The van der Waals surface area contributed by atoms with Gasteiger partial charge in [0.1, 0.15) is 21.9 Å². The smallest absolute Gasteiger partial charge is 0.322 e. The van der Waals surface area contributed by atoms with Gasteiger partial charge in [0.2, 0.25) is 0 Å². The van der Waals surface area contributed by atoms with Crippen molar-refractivity contribution in [1.82, 2.24) is 4.98 Å². The number of halogens is 1. The number of hydrogen-bond acceptors (Lipinski definition) is 6. The molecule has 0 fully saturated rings. The van der Waals surface area contributed by atoms with Gasteiger partial charge in [-0.15, -0.1) is 11.3 Å². The number of esters is 1. The topological polar surface area (TPSA) is 48.4 Å². The van der Waals surface area contributed by atoms with Crippen LogP contribution in [-0.2, 0) is 9.53 Å². The van der Waals surface area contributed by atoms with Gasteiger partial charge in [0.05, 0.1) is 12.3 Å². The van der Waals surface area contributed by atoms with Crippen LogP contribution in [0, 0.1) is 12.2 Å². The van der Waals surface area contributed by atoms with Crippen molar-refractivity contribution in [2.75, 3.05) is 6.61 Å². The third-order valence-electron chi connectivity index (χ3n) is 4.31. The maximum atomic E-state index is 13.1. The van der Waals surface area contributed by atoms with Crippen molar-refractivity contribution >= 4 is 29.1 Å². The molecule has 1 heterocycles. The molecular formula is C25H27FNO3S2. The van der Waals surface area contributed by atoms with Crippen molar-refractivity contribution in [3.63, 3.8) is 0 Å². The number of ether oxygens (including phenoxy) is 2. The normalized spacial score (nSPS) is 11.9. The van der Waals surface area contributed by atoms with Crippen LogP contribution in [0.1, 0.15) is 40.3 Å². The summed E-state index contributed by atoms with van der Waals surface area (Å²) in [7, 11) is 0. The van der Waals surface area contributed by atoms with E-state index in [9.17, 15) is 9.18 Å². The Morgan fingerprint density at radius 1 is 1.03 bits per heavy atom. The number of nitrogens with zero attached hydrogens (tertiary/aromatic N) is 1. The summed E-state index contributed by atoms with van der Waals surface area (Å²) in [4.78, 5) is 17.0. The highest BCUT2D eigenvalue weighted by Crippen LogP contribution is 2.36. The first-order valence-corrected chi connectivity index (χ1v) is 11.9. The van der Waals surface area contributed by atoms with Crippen LogP contribution in [-0.4, -0.2) is 27.9 Å². The zero-order valence-electron chi connectivity index (χ0n) is 18.8. The minimum absolute atomic E-state index is 0.249. The molecule has 32 heavy (non-hydrogen) atoms. The van der Waals surface area contributed by atoms with E-state index in [0.717, 1.165) is 26.9 Å². The predicted molar refractivity (Wildman–Crippen MR) is 129 cm³/mol. The Kier molecular flexibility index (Phi) is 7.62. The van der Waals surface area contributed by atoms with Crippen LogP contribution in [0.3, 0.4) is 0 Å². The van der Waals surface area contributed by atoms with Gasteiger partial charge in [-0.3, -0.25) is 4.79 Å². The van der Waals surface area contributed by atoms with Gasteiger partial charge in [0, 0.05) is 11.8 Å². The number of aromatic nitrogens is 1. The minimum Gasteiger partial charge on any atom is -0.493 e. The molecule has 3 rings (SSSR count). The quantitative estimate of drug-likeness (QED) is 0.267. The summed E-state index contributed by atoms with van der Waals surface area (Å²) in [5.41, 5.74) is 2.23. The molecule has 0 saturated heterocycles. The summed E-state index contributed by atoms with van der Waals surface area (Å²) in [6, 6.07) is 14.1. The van der Waals surface area contributed by atoms with Crippen molar-refractivity contribution in [2.45, 2.75) is 49.3 Å². The van der Waals surface area contributed by atoms with Gasteiger partial charge in [-0.1, -0.05) is 36.0 Å². The van der Waals surface area contributed by atoms with Crippen molar-refractivity contribution in [1.29, 1.82) is 0 Å². The molecule has 2 aromatic carbocycles. The van der Waals surface area contributed by atoms with Gasteiger partial charge in [-0.25, -0.2) is 9.37 Å². The lowest BCUT2D eigenvalue weighted by atomic mass is 10.1. The molecule has 169 valence electrons. The average molecular weight is 473 g/mol. The number of thioether (sulfide) groups is 1. The van der Waals surface area contributed by atoms with E-state index in [-0.39, 0.29) is 11.8 Å². The summed E-state index contributed by atoms with van der Waals surface area (Å²) >= 11 is 2.88. The van der Waals surface area contributed by atoms with E-state index in [4.69, 9.17) is 9.47 Å². The van der Waals surface area contributed by atoms with Crippen LogP contribution in [0.5, 0.6) is 5.75 Å². The molecule has 7 heteroatoms. The first-order chi connectivity index (χ1) is 15.0. The van der Waals surface area contributed by atoms with Crippen LogP contribution in [0.15, 0.2) is 58.3 Å². The van der Waals surface area contributed by atoms with E-state index in [1.54, 1.807) is 12.1 Å². The zero-order valence-corrected chi connectivity index (χ0v) is 20.5. The fourth-order valence-corrected chi connectivity index (χ4v) is 4.88. The first-order valence-electron chi connectivity index (χ1n) is 10.2. The lowest BCUT2D eigenvalue weighted by molar-refractivity contribution is -0.156. The fourth-order valence-electron chi connectivity index (χ4n) is 2.68. The lowest BCUT2D eigenvalue weighted by Crippen LogP contribution is -2.36. The van der Waals surface area contributed by atoms with E-state index in [0.29, 0.717) is 6.61 Å². The van der Waals surface area contributed by atoms with Crippen LogP contribution in [0.25, 0.3) is 11.1 Å². The van der Waals surface area contributed by atoms with E-state index in [1.807, 2.05) is 70.7 Å². The monoisotopic (exact) mass is 472 g/mol. The molecule has 0 aliphatic carbocycles. The number of carbonyl (C=O) groups excluding carboxylic acids is 1. The van der Waals surface area contributed by atoms with Gasteiger partial charge in [-0.05, 0) is 70.0 Å². The van der Waals surface area contributed by atoms with E-state index < -0.39 is 10.3 Å². The second-order valence-corrected chi connectivity index (χ2v) is 11.4. The molecule has 0 N–H and O–H groups in total. The Morgan fingerprint density at radius 3 is 2.22 bits per heavy atom. The molecule has 4 nitrogen and oxygen atoms in total. The highest BCUT2D eigenvalue weighted by molar-refractivity contribution is 8.03. The molecule has 0 spiro atoms. The highest BCUT2D eigenvalue weighted by atomic mass is 32.2. The molecule has 0 aliphatic heterocycles. The molecule has 0 amide bonds. The summed E-state index contributed by atoms with van der Waals surface area (Å²) in [5, 5.41) is 1.94. The minimum atomic E-state index is -0.731. The number of hydrogen-bond donors (Lipinski definition) is 0. The second kappa shape index (κ2) is 10.0. The Labute approximate surface area is 197 Å². The van der Waals surface area contributed by atoms with Gasteiger partial charge in [0.25, 0.3) is 0 Å². The van der Waals surface area contributed by atoms with E-state index >= 15 is 0 Å². The zero-order chi connectivity index (χ0) is 23.4. The maximum absolute atomic E-state index is 13.1. The molecular weight excluding hydrogens is 445 g/mol. The number of rotatable bonds is 8. The van der Waals surface area contributed by atoms with Crippen LogP contribution >= 0.6 is 23.1 Å². The van der Waals surface area contributed by atoms with Gasteiger partial charge >= 0.3 is 5.97 Å². The summed E-state index contributed by atoms with van der Waals surface area (Å²) in [6.07, 6.45) is 1.90. The maximum Gasteiger partial charge on any atom is 0.322 e. The molecule has 0 bridgehead atoms. The van der Waals surface area contributed by atoms with Crippen molar-refractivity contribution in [3.05, 3.63) is 71.8 Å². The molecule has 3 aromatic rings. The second-order valence-electron chi connectivity index (χ2n) is 8.70. The molecule has 0 saturated carbocycles. The number of thiazole rings is 1. The van der Waals surface area contributed by atoms with E-state index in [2.05, 4.69) is 4.98 Å². The van der Waals surface area contributed by atoms with E-state index in [1.165, 1.54) is 35.2 Å². The third-order valence-corrected chi connectivity index (χ3v) is 6.44.